The van der Waals surface area contributed by atoms with Crippen LogP contribution >= 0.6 is 0 Å². The molecule has 1 atom stereocenters. The number of aryl methyl sites for hydroxylation is 1. The molecule has 2 rings (SSSR count). The van der Waals surface area contributed by atoms with Crippen molar-refractivity contribution in [2.24, 2.45) is 0 Å². The molecule has 1 unspecified atom stereocenters. The summed E-state index contributed by atoms with van der Waals surface area (Å²) in [6.45, 7) is 4.40. The Bertz CT molecular complexity index is 357. The first-order valence-corrected chi connectivity index (χ1v) is 6.41. The second kappa shape index (κ2) is 5.92. The molecule has 0 radical (unpaired) electrons. The van der Waals surface area contributed by atoms with E-state index in [1.165, 1.54) is 30.5 Å². The van der Waals surface area contributed by atoms with Gasteiger partial charge in [-0.15, -0.1) is 0 Å². The van der Waals surface area contributed by atoms with E-state index in [2.05, 4.69) is 29.7 Å². The Balaban J connectivity index is 2.01. The van der Waals surface area contributed by atoms with E-state index in [0.29, 0.717) is 6.04 Å². The fourth-order valence-electron chi connectivity index (χ4n) is 2.31. The number of nitrogens with one attached hydrogen (secondary N) is 2. The predicted octanol–water partition coefficient (Wildman–Crippen LogP) is 2.56. The molecule has 0 spiro atoms. The largest absolute Gasteiger partial charge is 0.497 e. The van der Waals surface area contributed by atoms with Gasteiger partial charge in [-0.1, -0.05) is 0 Å². The zero-order valence-corrected chi connectivity index (χ0v) is 10.8. The summed E-state index contributed by atoms with van der Waals surface area (Å²) in [6.07, 6.45) is 3.71. The fourth-order valence-corrected chi connectivity index (χ4v) is 2.31. The van der Waals surface area contributed by atoms with Gasteiger partial charge in [0.1, 0.15) is 5.75 Å². The molecule has 1 aliphatic heterocycles. The molecule has 3 heteroatoms. The van der Waals surface area contributed by atoms with E-state index in [1.807, 2.05) is 6.07 Å². The van der Waals surface area contributed by atoms with Crippen LogP contribution in [-0.2, 0) is 0 Å². The van der Waals surface area contributed by atoms with Crippen molar-refractivity contribution >= 4 is 5.69 Å². The Morgan fingerprint density at radius 2 is 2.18 bits per heavy atom. The maximum atomic E-state index is 5.22. The Morgan fingerprint density at radius 1 is 1.29 bits per heavy atom. The molecule has 0 saturated carbocycles. The summed E-state index contributed by atoms with van der Waals surface area (Å²) >= 11 is 0. The molecule has 2 N–H and O–H groups in total. The third-order valence-corrected chi connectivity index (χ3v) is 3.37. The summed E-state index contributed by atoms with van der Waals surface area (Å²) < 4.78 is 5.22. The molecule has 0 aliphatic carbocycles. The van der Waals surface area contributed by atoms with Gasteiger partial charge in [-0.05, 0) is 63.0 Å². The first kappa shape index (κ1) is 12.2. The van der Waals surface area contributed by atoms with E-state index < -0.39 is 0 Å². The van der Waals surface area contributed by atoms with Crippen molar-refractivity contribution in [3.05, 3.63) is 23.8 Å². The lowest BCUT2D eigenvalue weighted by Crippen LogP contribution is -2.21. The van der Waals surface area contributed by atoms with Crippen LogP contribution in [-0.4, -0.2) is 26.2 Å². The summed E-state index contributed by atoms with van der Waals surface area (Å²) in [5.74, 6) is 0.926. The third kappa shape index (κ3) is 3.37. The van der Waals surface area contributed by atoms with Crippen molar-refractivity contribution in [3.63, 3.8) is 0 Å². The highest BCUT2D eigenvalue weighted by atomic mass is 16.5. The lowest BCUT2D eigenvalue weighted by atomic mass is 10.1. The number of ether oxygens (including phenoxy) is 1. The highest BCUT2D eigenvalue weighted by Crippen LogP contribution is 2.23. The number of rotatable bonds is 3. The topological polar surface area (TPSA) is 33.3 Å². The quantitative estimate of drug-likeness (QED) is 0.843. The van der Waals surface area contributed by atoms with Crippen molar-refractivity contribution in [3.8, 4) is 5.75 Å². The van der Waals surface area contributed by atoms with Crippen LogP contribution in [0.25, 0.3) is 0 Å². The van der Waals surface area contributed by atoms with Gasteiger partial charge in [0.05, 0.1) is 7.11 Å². The van der Waals surface area contributed by atoms with E-state index in [4.69, 9.17) is 4.74 Å². The molecule has 1 aliphatic rings. The molecule has 0 aromatic heterocycles. The van der Waals surface area contributed by atoms with Gasteiger partial charge < -0.3 is 15.4 Å². The molecule has 94 valence electrons. The standard InChI is InChI=1S/C14H22N2O/c1-11-10-13(17-2)5-6-14(11)16-12-4-3-8-15-9-7-12/h5-6,10,12,15-16H,3-4,7-9H2,1-2H3. The van der Waals surface area contributed by atoms with Gasteiger partial charge in [0.25, 0.3) is 0 Å². The number of hydrogen-bond donors (Lipinski definition) is 2. The van der Waals surface area contributed by atoms with E-state index >= 15 is 0 Å². The second-order valence-electron chi connectivity index (χ2n) is 4.70. The predicted molar refractivity (Wildman–Crippen MR) is 71.9 cm³/mol. The maximum absolute atomic E-state index is 5.22. The summed E-state index contributed by atoms with van der Waals surface area (Å²) in [5, 5.41) is 7.08. The van der Waals surface area contributed by atoms with Crippen LogP contribution in [0.15, 0.2) is 18.2 Å². The Hall–Kier alpha value is -1.22. The Labute approximate surface area is 104 Å². The van der Waals surface area contributed by atoms with Crippen molar-refractivity contribution < 1.29 is 4.74 Å². The first-order chi connectivity index (χ1) is 8.29. The molecule has 1 aromatic carbocycles. The van der Waals surface area contributed by atoms with Crippen LogP contribution in [0.5, 0.6) is 5.75 Å². The van der Waals surface area contributed by atoms with Gasteiger partial charge in [-0.3, -0.25) is 0 Å². The molecule has 0 bridgehead atoms. The monoisotopic (exact) mass is 234 g/mol. The zero-order valence-electron chi connectivity index (χ0n) is 10.8. The number of methoxy groups -OCH3 is 1. The van der Waals surface area contributed by atoms with Crippen molar-refractivity contribution in [2.45, 2.75) is 32.2 Å². The molecule has 1 aromatic rings. The minimum atomic E-state index is 0.595. The number of hydrogen-bond acceptors (Lipinski definition) is 3. The lowest BCUT2D eigenvalue weighted by Gasteiger charge is -2.19. The van der Waals surface area contributed by atoms with Gasteiger partial charge in [0, 0.05) is 11.7 Å². The molecular formula is C14H22N2O. The molecule has 1 fully saturated rings. The molecule has 17 heavy (non-hydrogen) atoms. The minimum Gasteiger partial charge on any atom is -0.497 e. The normalized spacial score (nSPS) is 20.7. The van der Waals surface area contributed by atoms with Gasteiger partial charge in [0.15, 0.2) is 0 Å². The van der Waals surface area contributed by atoms with Gasteiger partial charge in [-0.2, -0.15) is 0 Å². The fraction of sp³-hybridized carbons (Fsp3) is 0.571. The third-order valence-electron chi connectivity index (χ3n) is 3.37. The average molecular weight is 234 g/mol. The second-order valence-corrected chi connectivity index (χ2v) is 4.70. The average Bonchev–Trinajstić information content (AvgIpc) is 2.60. The molecule has 3 nitrogen and oxygen atoms in total. The molecular weight excluding hydrogens is 212 g/mol. The number of benzene rings is 1. The van der Waals surface area contributed by atoms with E-state index in [-0.39, 0.29) is 0 Å². The highest BCUT2D eigenvalue weighted by Gasteiger charge is 2.12. The van der Waals surface area contributed by atoms with Crippen LogP contribution in [0.3, 0.4) is 0 Å². The van der Waals surface area contributed by atoms with E-state index in [9.17, 15) is 0 Å². The van der Waals surface area contributed by atoms with Crippen LogP contribution in [0.4, 0.5) is 5.69 Å². The minimum absolute atomic E-state index is 0.595. The highest BCUT2D eigenvalue weighted by molar-refractivity contribution is 5.54. The lowest BCUT2D eigenvalue weighted by molar-refractivity contribution is 0.414. The summed E-state index contributed by atoms with van der Waals surface area (Å²) in [5.41, 5.74) is 2.49. The van der Waals surface area contributed by atoms with Crippen LogP contribution < -0.4 is 15.4 Å². The van der Waals surface area contributed by atoms with Crippen molar-refractivity contribution in [1.82, 2.24) is 5.32 Å². The first-order valence-electron chi connectivity index (χ1n) is 6.41. The Kier molecular flexibility index (Phi) is 4.26. The molecule has 1 saturated heterocycles. The smallest absolute Gasteiger partial charge is 0.119 e. The summed E-state index contributed by atoms with van der Waals surface area (Å²) in [6, 6.07) is 6.81. The van der Waals surface area contributed by atoms with Crippen LogP contribution in [0.2, 0.25) is 0 Å². The summed E-state index contributed by atoms with van der Waals surface area (Å²) in [4.78, 5) is 0. The van der Waals surface area contributed by atoms with Gasteiger partial charge >= 0.3 is 0 Å². The maximum Gasteiger partial charge on any atom is 0.119 e. The SMILES string of the molecule is COc1ccc(NC2CCCNCC2)c(C)c1. The zero-order chi connectivity index (χ0) is 12.1. The van der Waals surface area contributed by atoms with Crippen LogP contribution in [0.1, 0.15) is 24.8 Å². The molecule has 1 heterocycles. The van der Waals surface area contributed by atoms with Crippen LogP contribution in [0, 0.1) is 6.92 Å². The van der Waals surface area contributed by atoms with E-state index in [0.717, 1.165) is 18.8 Å². The summed E-state index contributed by atoms with van der Waals surface area (Å²) in [7, 11) is 1.71. The van der Waals surface area contributed by atoms with E-state index in [1.54, 1.807) is 7.11 Å². The van der Waals surface area contributed by atoms with Gasteiger partial charge in [-0.25, -0.2) is 0 Å². The van der Waals surface area contributed by atoms with Gasteiger partial charge in [0.2, 0.25) is 0 Å². The number of anilines is 1. The van der Waals surface area contributed by atoms with Crippen molar-refractivity contribution in [2.75, 3.05) is 25.5 Å². The molecule has 0 amide bonds. The Morgan fingerprint density at radius 3 is 2.94 bits per heavy atom. The van der Waals surface area contributed by atoms with Crippen molar-refractivity contribution in [1.29, 1.82) is 0 Å².